The number of hydrogen-bond donors (Lipinski definition) is 1. The van der Waals surface area contributed by atoms with Gasteiger partial charge in [-0.1, -0.05) is 0 Å². The molecule has 8 heteroatoms. The normalized spacial score (nSPS) is 11.5. The van der Waals surface area contributed by atoms with Gasteiger partial charge in [0.05, 0.1) is 5.56 Å². The van der Waals surface area contributed by atoms with E-state index in [9.17, 15) is 22.4 Å². The third-order valence-electron chi connectivity index (χ3n) is 2.60. The highest BCUT2D eigenvalue weighted by molar-refractivity contribution is 5.86. The zero-order chi connectivity index (χ0) is 15.8. The second-order valence-electron chi connectivity index (χ2n) is 4.21. The summed E-state index contributed by atoms with van der Waals surface area (Å²) in [4.78, 5) is 18.2. The number of benzene rings is 1. The van der Waals surface area contributed by atoms with Crippen LogP contribution >= 0.6 is 0 Å². The van der Waals surface area contributed by atoms with Crippen LogP contribution in [0.25, 0.3) is 11.4 Å². The van der Waals surface area contributed by atoms with Gasteiger partial charge in [-0.25, -0.2) is 19.2 Å². The van der Waals surface area contributed by atoms with Crippen molar-refractivity contribution in [2.75, 3.05) is 0 Å². The Morgan fingerprint density at radius 3 is 2.43 bits per heavy atom. The lowest BCUT2D eigenvalue weighted by atomic mass is 10.1. The van der Waals surface area contributed by atoms with Crippen molar-refractivity contribution in [3.8, 4) is 11.4 Å². The molecule has 0 aliphatic rings. The number of halogens is 4. The van der Waals surface area contributed by atoms with E-state index >= 15 is 0 Å². The number of hydrogen-bond acceptors (Lipinski definition) is 3. The minimum atomic E-state index is -4.74. The first-order valence-electron chi connectivity index (χ1n) is 5.64. The van der Waals surface area contributed by atoms with Crippen LogP contribution in [0, 0.1) is 12.7 Å². The van der Waals surface area contributed by atoms with Gasteiger partial charge in [0.2, 0.25) is 0 Å². The molecule has 0 aliphatic heterocycles. The first kappa shape index (κ1) is 14.9. The maximum absolute atomic E-state index is 13.2. The number of aryl methyl sites for hydroxylation is 1. The molecule has 110 valence electrons. The third-order valence-corrected chi connectivity index (χ3v) is 2.60. The highest BCUT2D eigenvalue weighted by Gasteiger charge is 2.34. The van der Waals surface area contributed by atoms with Crippen LogP contribution in [0.15, 0.2) is 24.3 Å². The van der Waals surface area contributed by atoms with Crippen LogP contribution in [0.4, 0.5) is 17.6 Å². The standard InChI is InChI=1S/C13H8F4N2O2/c1-6-4-10(12(20)21)19-11(18-6)8-5-7(14)2-3-9(8)13(15,16)17/h2-5H,1H3,(H,20,21). The number of aromatic nitrogens is 2. The fourth-order valence-electron chi connectivity index (χ4n) is 1.75. The smallest absolute Gasteiger partial charge is 0.417 e. The predicted molar refractivity (Wildman–Crippen MR) is 64.1 cm³/mol. The number of carboxylic acid groups (broad SMARTS) is 1. The molecule has 21 heavy (non-hydrogen) atoms. The maximum Gasteiger partial charge on any atom is 0.417 e. The van der Waals surface area contributed by atoms with Gasteiger partial charge in [-0.15, -0.1) is 0 Å². The van der Waals surface area contributed by atoms with Gasteiger partial charge in [0.1, 0.15) is 5.82 Å². The topological polar surface area (TPSA) is 63.1 Å². The van der Waals surface area contributed by atoms with E-state index in [2.05, 4.69) is 9.97 Å². The number of nitrogens with zero attached hydrogens (tertiary/aromatic N) is 2. The van der Waals surface area contributed by atoms with E-state index in [1.807, 2.05) is 0 Å². The summed E-state index contributed by atoms with van der Waals surface area (Å²) in [5, 5.41) is 8.88. The summed E-state index contributed by atoms with van der Waals surface area (Å²) in [6.45, 7) is 1.41. The summed E-state index contributed by atoms with van der Waals surface area (Å²) in [7, 11) is 0. The van der Waals surface area contributed by atoms with Crippen LogP contribution < -0.4 is 0 Å². The Balaban J connectivity index is 2.72. The minimum Gasteiger partial charge on any atom is -0.477 e. The lowest BCUT2D eigenvalue weighted by Gasteiger charge is -2.12. The molecule has 4 nitrogen and oxygen atoms in total. The van der Waals surface area contributed by atoms with Crippen molar-refractivity contribution >= 4 is 5.97 Å². The van der Waals surface area contributed by atoms with E-state index in [1.54, 1.807) is 0 Å². The number of carbonyl (C=O) groups is 1. The lowest BCUT2D eigenvalue weighted by Crippen LogP contribution is -2.10. The molecule has 0 bridgehead atoms. The molecule has 0 saturated carbocycles. The van der Waals surface area contributed by atoms with Crippen LogP contribution in [-0.4, -0.2) is 21.0 Å². The predicted octanol–water partition coefficient (Wildman–Crippen LogP) is 3.31. The summed E-state index contributed by atoms with van der Waals surface area (Å²) >= 11 is 0. The van der Waals surface area contributed by atoms with Crippen molar-refractivity contribution in [1.82, 2.24) is 9.97 Å². The first-order valence-corrected chi connectivity index (χ1v) is 5.64. The molecular formula is C13H8F4N2O2. The molecule has 0 spiro atoms. The summed E-state index contributed by atoms with van der Waals surface area (Å²) in [5.41, 5.74) is -2.04. The molecule has 0 atom stereocenters. The number of aromatic carboxylic acids is 1. The Bertz CT molecular complexity index is 714. The second kappa shape index (κ2) is 5.12. The monoisotopic (exact) mass is 300 g/mol. The molecular weight excluding hydrogens is 292 g/mol. The Labute approximate surface area is 116 Å². The van der Waals surface area contributed by atoms with E-state index in [0.717, 1.165) is 6.07 Å². The van der Waals surface area contributed by atoms with Gasteiger partial charge in [0.25, 0.3) is 0 Å². The fourth-order valence-corrected chi connectivity index (χ4v) is 1.75. The number of alkyl halides is 3. The summed E-state index contributed by atoms with van der Waals surface area (Å²) in [6, 6.07) is 2.97. The molecule has 2 aromatic rings. The highest BCUT2D eigenvalue weighted by Crippen LogP contribution is 2.36. The summed E-state index contributed by atoms with van der Waals surface area (Å²) in [6.07, 6.45) is -4.74. The van der Waals surface area contributed by atoms with E-state index in [-0.39, 0.29) is 5.69 Å². The number of rotatable bonds is 2. The fraction of sp³-hybridized carbons (Fsp3) is 0.154. The number of carboxylic acids is 1. The second-order valence-corrected chi connectivity index (χ2v) is 4.21. The van der Waals surface area contributed by atoms with E-state index in [0.29, 0.717) is 18.2 Å². The van der Waals surface area contributed by atoms with Gasteiger partial charge >= 0.3 is 12.1 Å². The highest BCUT2D eigenvalue weighted by atomic mass is 19.4. The molecule has 1 aromatic heterocycles. The summed E-state index contributed by atoms with van der Waals surface area (Å²) < 4.78 is 52.0. The van der Waals surface area contributed by atoms with Crippen LogP contribution in [-0.2, 0) is 6.18 Å². The average molecular weight is 300 g/mol. The quantitative estimate of drug-likeness (QED) is 0.864. The van der Waals surface area contributed by atoms with Gasteiger partial charge in [-0.3, -0.25) is 0 Å². The lowest BCUT2D eigenvalue weighted by molar-refractivity contribution is -0.137. The first-order chi connectivity index (χ1) is 9.68. The van der Waals surface area contributed by atoms with Crippen LogP contribution in [0.2, 0.25) is 0 Å². The molecule has 0 saturated heterocycles. The Morgan fingerprint density at radius 2 is 1.86 bits per heavy atom. The molecule has 0 fully saturated rings. The Kier molecular flexibility index (Phi) is 3.63. The molecule has 0 radical (unpaired) electrons. The van der Waals surface area contributed by atoms with E-state index in [4.69, 9.17) is 5.11 Å². The van der Waals surface area contributed by atoms with Crippen molar-refractivity contribution in [3.05, 3.63) is 47.0 Å². The largest absolute Gasteiger partial charge is 0.477 e. The SMILES string of the molecule is Cc1cc(C(=O)O)nc(-c2cc(F)ccc2C(F)(F)F)n1. The van der Waals surface area contributed by atoms with E-state index < -0.39 is 40.6 Å². The molecule has 0 unspecified atom stereocenters. The Morgan fingerprint density at radius 1 is 1.19 bits per heavy atom. The average Bonchev–Trinajstić information content (AvgIpc) is 2.36. The zero-order valence-corrected chi connectivity index (χ0v) is 10.6. The van der Waals surface area contributed by atoms with Gasteiger partial charge < -0.3 is 5.11 Å². The molecule has 2 rings (SSSR count). The maximum atomic E-state index is 13.2. The molecule has 0 amide bonds. The van der Waals surface area contributed by atoms with Gasteiger partial charge in [0.15, 0.2) is 11.5 Å². The van der Waals surface area contributed by atoms with Crippen LogP contribution in [0.5, 0.6) is 0 Å². The van der Waals surface area contributed by atoms with Crippen LogP contribution in [0.1, 0.15) is 21.7 Å². The molecule has 1 heterocycles. The van der Waals surface area contributed by atoms with Crippen molar-refractivity contribution < 1.29 is 27.5 Å². The van der Waals surface area contributed by atoms with Crippen molar-refractivity contribution in [1.29, 1.82) is 0 Å². The van der Waals surface area contributed by atoms with Crippen LogP contribution in [0.3, 0.4) is 0 Å². The Hall–Kier alpha value is -2.51. The van der Waals surface area contributed by atoms with Crippen molar-refractivity contribution in [2.45, 2.75) is 13.1 Å². The minimum absolute atomic E-state index is 0.162. The van der Waals surface area contributed by atoms with Crippen molar-refractivity contribution in [3.63, 3.8) is 0 Å². The van der Waals surface area contributed by atoms with Gasteiger partial charge in [-0.05, 0) is 31.2 Å². The molecule has 1 N–H and O–H groups in total. The van der Waals surface area contributed by atoms with Gasteiger partial charge in [-0.2, -0.15) is 13.2 Å². The molecule has 1 aromatic carbocycles. The van der Waals surface area contributed by atoms with Crippen molar-refractivity contribution in [2.24, 2.45) is 0 Å². The third kappa shape index (κ3) is 3.15. The summed E-state index contributed by atoms with van der Waals surface area (Å²) in [5.74, 6) is -2.80. The zero-order valence-electron chi connectivity index (χ0n) is 10.6. The van der Waals surface area contributed by atoms with Gasteiger partial charge in [0, 0.05) is 11.3 Å². The van der Waals surface area contributed by atoms with E-state index in [1.165, 1.54) is 6.92 Å². The molecule has 0 aliphatic carbocycles.